The molecule has 0 spiro atoms. The molecule has 0 amide bonds. The minimum atomic E-state index is 0.841. The molecule has 0 N–H and O–H groups in total. The predicted molar refractivity (Wildman–Crippen MR) is 88.3 cm³/mol. The molecule has 0 aliphatic heterocycles. The van der Waals surface area contributed by atoms with Crippen LogP contribution in [0.3, 0.4) is 0 Å². The Hall–Kier alpha value is -2.95. The van der Waals surface area contributed by atoms with Crippen molar-refractivity contribution in [2.75, 3.05) is 0 Å². The van der Waals surface area contributed by atoms with Crippen molar-refractivity contribution in [3.8, 4) is 0 Å². The van der Waals surface area contributed by atoms with Crippen LogP contribution in [0.2, 0.25) is 0 Å². The Morgan fingerprint density at radius 1 is 0.727 bits per heavy atom. The van der Waals surface area contributed by atoms with E-state index in [4.69, 9.17) is 0 Å². The predicted octanol–water partition coefficient (Wildman–Crippen LogP) is 3.23. The zero-order valence-electron chi connectivity index (χ0n) is 12.6. The van der Waals surface area contributed by atoms with E-state index in [0.29, 0.717) is 0 Å². The lowest BCUT2D eigenvalue weighted by molar-refractivity contribution is 0.881. The fraction of sp³-hybridized carbons (Fsp3) is 0.118. The van der Waals surface area contributed by atoms with Gasteiger partial charge in [-0.2, -0.15) is 10.2 Å². The molecule has 22 heavy (non-hydrogen) atoms. The molecule has 0 radical (unpaired) electrons. The lowest BCUT2D eigenvalue weighted by atomic mass is 10.2. The standard InChI is InChI=1S/C17H17N5/c1-14(19-21-10-3-4-11-21)16-8-7-9-17(18-16)15(2)20-22-12-5-6-13-22/h3-13H,1-2H3/b19-14+,20-15+. The first kappa shape index (κ1) is 14.0. The first-order chi connectivity index (χ1) is 10.7. The highest BCUT2D eigenvalue weighted by molar-refractivity contribution is 6.00. The highest BCUT2D eigenvalue weighted by atomic mass is 15.3. The summed E-state index contributed by atoms with van der Waals surface area (Å²) in [6, 6.07) is 13.6. The number of hydrogen-bond acceptors (Lipinski definition) is 3. The minimum absolute atomic E-state index is 0.841. The van der Waals surface area contributed by atoms with Gasteiger partial charge in [0.05, 0.1) is 22.8 Å². The monoisotopic (exact) mass is 291 g/mol. The number of hydrogen-bond donors (Lipinski definition) is 0. The average Bonchev–Trinajstić information content (AvgIpc) is 3.21. The average molecular weight is 291 g/mol. The van der Waals surface area contributed by atoms with Crippen molar-refractivity contribution in [2.24, 2.45) is 10.2 Å². The zero-order valence-corrected chi connectivity index (χ0v) is 12.6. The Morgan fingerprint density at radius 3 is 1.55 bits per heavy atom. The van der Waals surface area contributed by atoms with Crippen LogP contribution in [-0.4, -0.2) is 25.8 Å². The molecule has 3 rings (SSSR count). The zero-order chi connectivity index (χ0) is 15.4. The van der Waals surface area contributed by atoms with E-state index in [1.54, 1.807) is 9.35 Å². The molecule has 0 unspecified atom stereocenters. The molecule has 0 saturated carbocycles. The van der Waals surface area contributed by atoms with Gasteiger partial charge in [0, 0.05) is 24.8 Å². The molecule has 0 saturated heterocycles. The van der Waals surface area contributed by atoms with Crippen molar-refractivity contribution in [2.45, 2.75) is 13.8 Å². The van der Waals surface area contributed by atoms with Gasteiger partial charge in [-0.1, -0.05) is 6.07 Å². The number of pyridine rings is 1. The van der Waals surface area contributed by atoms with Crippen LogP contribution >= 0.6 is 0 Å². The van der Waals surface area contributed by atoms with Gasteiger partial charge >= 0.3 is 0 Å². The summed E-state index contributed by atoms with van der Waals surface area (Å²) < 4.78 is 3.54. The van der Waals surface area contributed by atoms with Crippen molar-refractivity contribution in [3.63, 3.8) is 0 Å². The molecule has 3 aromatic heterocycles. The molecular weight excluding hydrogens is 274 g/mol. The molecule has 0 aromatic carbocycles. The van der Waals surface area contributed by atoms with Gasteiger partial charge in [0.1, 0.15) is 0 Å². The fourth-order valence-electron chi connectivity index (χ4n) is 2.07. The first-order valence-corrected chi connectivity index (χ1v) is 7.07. The number of rotatable bonds is 4. The molecule has 0 bridgehead atoms. The minimum Gasteiger partial charge on any atom is -0.248 e. The highest BCUT2D eigenvalue weighted by Gasteiger charge is 2.04. The molecule has 3 aromatic rings. The van der Waals surface area contributed by atoms with Crippen molar-refractivity contribution >= 4 is 11.4 Å². The summed E-state index contributed by atoms with van der Waals surface area (Å²) in [5, 5.41) is 8.98. The SMILES string of the molecule is C/C(=N\n1cccc1)c1cccc(/C(C)=N/n2cccc2)n1. The molecule has 3 heterocycles. The quantitative estimate of drug-likeness (QED) is 0.681. The van der Waals surface area contributed by atoms with Gasteiger partial charge < -0.3 is 0 Å². The second-order valence-corrected chi connectivity index (χ2v) is 4.90. The van der Waals surface area contributed by atoms with Gasteiger partial charge in [-0.15, -0.1) is 0 Å². The molecule has 0 aliphatic carbocycles. The summed E-state index contributed by atoms with van der Waals surface area (Å²) in [6.07, 6.45) is 7.58. The molecule has 5 heteroatoms. The Balaban J connectivity index is 1.89. The molecule has 0 atom stereocenters. The van der Waals surface area contributed by atoms with Crippen molar-refractivity contribution in [3.05, 3.63) is 78.6 Å². The number of aromatic nitrogens is 3. The summed E-state index contributed by atoms with van der Waals surface area (Å²) in [4.78, 5) is 4.65. The summed E-state index contributed by atoms with van der Waals surface area (Å²) >= 11 is 0. The second kappa shape index (κ2) is 6.22. The van der Waals surface area contributed by atoms with Crippen molar-refractivity contribution in [1.29, 1.82) is 0 Å². The van der Waals surface area contributed by atoms with E-state index in [0.717, 1.165) is 22.8 Å². The van der Waals surface area contributed by atoms with E-state index >= 15 is 0 Å². The van der Waals surface area contributed by atoms with E-state index in [1.165, 1.54) is 0 Å². The van der Waals surface area contributed by atoms with Crippen LogP contribution in [0.25, 0.3) is 0 Å². The van der Waals surface area contributed by atoms with Crippen LogP contribution in [0.5, 0.6) is 0 Å². The van der Waals surface area contributed by atoms with E-state index in [1.807, 2.05) is 81.1 Å². The normalized spacial score (nSPS) is 12.6. The smallest absolute Gasteiger partial charge is 0.0867 e. The molecule has 0 aliphatic rings. The maximum atomic E-state index is 4.65. The molecule has 0 fully saturated rings. The van der Waals surface area contributed by atoms with Crippen LogP contribution in [-0.2, 0) is 0 Å². The Bertz CT molecular complexity index is 730. The first-order valence-electron chi connectivity index (χ1n) is 7.07. The molecule has 110 valence electrons. The topological polar surface area (TPSA) is 47.5 Å². The van der Waals surface area contributed by atoms with Gasteiger partial charge in [-0.25, -0.2) is 14.3 Å². The van der Waals surface area contributed by atoms with Crippen LogP contribution in [0.1, 0.15) is 25.2 Å². The van der Waals surface area contributed by atoms with E-state index in [2.05, 4.69) is 15.2 Å². The largest absolute Gasteiger partial charge is 0.248 e. The van der Waals surface area contributed by atoms with Gasteiger partial charge in [0.2, 0.25) is 0 Å². The van der Waals surface area contributed by atoms with Gasteiger partial charge in [0.25, 0.3) is 0 Å². The third kappa shape index (κ3) is 3.20. The second-order valence-electron chi connectivity index (χ2n) is 4.90. The third-order valence-electron chi connectivity index (χ3n) is 3.20. The van der Waals surface area contributed by atoms with Crippen molar-refractivity contribution in [1.82, 2.24) is 14.3 Å². The maximum absolute atomic E-state index is 4.65. The maximum Gasteiger partial charge on any atom is 0.0867 e. The van der Waals surface area contributed by atoms with Gasteiger partial charge in [-0.3, -0.25) is 0 Å². The Morgan fingerprint density at radius 2 is 1.14 bits per heavy atom. The lowest BCUT2D eigenvalue weighted by Gasteiger charge is -2.05. The highest BCUT2D eigenvalue weighted by Crippen LogP contribution is 2.05. The lowest BCUT2D eigenvalue weighted by Crippen LogP contribution is -2.07. The van der Waals surface area contributed by atoms with Crippen LogP contribution in [0, 0.1) is 0 Å². The third-order valence-corrected chi connectivity index (χ3v) is 3.20. The van der Waals surface area contributed by atoms with Crippen LogP contribution in [0.4, 0.5) is 0 Å². The van der Waals surface area contributed by atoms with E-state index < -0.39 is 0 Å². The Labute approximate surface area is 129 Å². The summed E-state index contributed by atoms with van der Waals surface area (Å²) in [6.45, 7) is 3.90. The van der Waals surface area contributed by atoms with Crippen molar-refractivity contribution < 1.29 is 0 Å². The summed E-state index contributed by atoms with van der Waals surface area (Å²) in [5.41, 5.74) is 3.39. The molecular formula is C17H17N5. The van der Waals surface area contributed by atoms with Gasteiger partial charge in [-0.05, 0) is 50.2 Å². The van der Waals surface area contributed by atoms with E-state index in [9.17, 15) is 0 Å². The van der Waals surface area contributed by atoms with Gasteiger partial charge in [0.15, 0.2) is 0 Å². The van der Waals surface area contributed by atoms with Crippen LogP contribution < -0.4 is 0 Å². The Kier molecular flexibility index (Phi) is 3.96. The van der Waals surface area contributed by atoms with E-state index in [-0.39, 0.29) is 0 Å². The summed E-state index contributed by atoms with van der Waals surface area (Å²) in [7, 11) is 0. The number of nitrogens with zero attached hydrogens (tertiary/aromatic N) is 5. The fourth-order valence-corrected chi connectivity index (χ4v) is 2.07. The molecule has 5 nitrogen and oxygen atoms in total. The van der Waals surface area contributed by atoms with Crippen LogP contribution in [0.15, 0.2) is 77.5 Å². The summed E-state index contributed by atoms with van der Waals surface area (Å²) in [5.74, 6) is 0.